The van der Waals surface area contributed by atoms with Crippen molar-refractivity contribution in [1.29, 1.82) is 0 Å². The molecule has 0 bridgehead atoms. The van der Waals surface area contributed by atoms with Gasteiger partial charge in [-0.2, -0.15) is 0 Å². The summed E-state index contributed by atoms with van der Waals surface area (Å²) >= 11 is 0. The van der Waals surface area contributed by atoms with Crippen LogP contribution in [0.15, 0.2) is 47.6 Å². The fraction of sp³-hybridized carbons (Fsp3) is 0.133. The van der Waals surface area contributed by atoms with Crippen LogP contribution < -0.4 is 10.5 Å². The van der Waals surface area contributed by atoms with Crippen molar-refractivity contribution in [2.45, 2.75) is 13.5 Å². The number of hydrogen-bond donors (Lipinski definition) is 2. The number of nitrogens with two attached hydrogens (primary N) is 1. The van der Waals surface area contributed by atoms with Gasteiger partial charge in [0.05, 0.1) is 0 Å². The Kier molecular flexibility index (Phi) is 4.20. The first kappa shape index (κ1) is 13.9. The van der Waals surface area contributed by atoms with E-state index < -0.39 is 0 Å². The van der Waals surface area contributed by atoms with Crippen molar-refractivity contribution in [3.05, 3.63) is 65.0 Å². The van der Waals surface area contributed by atoms with Gasteiger partial charge in [0.1, 0.15) is 18.2 Å². The van der Waals surface area contributed by atoms with Gasteiger partial charge in [0.2, 0.25) is 0 Å². The first-order valence-corrected chi connectivity index (χ1v) is 6.06. The van der Waals surface area contributed by atoms with Gasteiger partial charge in [-0.25, -0.2) is 4.39 Å². The largest absolute Gasteiger partial charge is 0.489 e. The van der Waals surface area contributed by atoms with Gasteiger partial charge in [-0.15, -0.1) is 0 Å². The predicted octanol–water partition coefficient (Wildman–Crippen LogP) is 2.81. The average molecular weight is 274 g/mol. The van der Waals surface area contributed by atoms with Crippen LogP contribution in [0.1, 0.15) is 16.7 Å². The van der Waals surface area contributed by atoms with Crippen LogP contribution in [0.5, 0.6) is 5.75 Å². The van der Waals surface area contributed by atoms with Crippen LogP contribution in [0.3, 0.4) is 0 Å². The monoisotopic (exact) mass is 274 g/mol. The van der Waals surface area contributed by atoms with E-state index in [0.717, 1.165) is 11.1 Å². The minimum atomic E-state index is -0.264. The molecule has 0 heterocycles. The van der Waals surface area contributed by atoms with E-state index in [1.807, 2.05) is 6.92 Å². The van der Waals surface area contributed by atoms with Crippen molar-refractivity contribution >= 4 is 5.84 Å². The number of aryl methyl sites for hydroxylation is 1. The molecule has 0 saturated carbocycles. The Morgan fingerprint density at radius 1 is 1.30 bits per heavy atom. The van der Waals surface area contributed by atoms with E-state index in [9.17, 15) is 4.39 Å². The van der Waals surface area contributed by atoms with Gasteiger partial charge < -0.3 is 15.7 Å². The predicted molar refractivity (Wildman–Crippen MR) is 74.4 cm³/mol. The maximum absolute atomic E-state index is 13.0. The minimum absolute atomic E-state index is 0.0217. The first-order chi connectivity index (χ1) is 9.60. The molecule has 0 fully saturated rings. The second kappa shape index (κ2) is 6.06. The van der Waals surface area contributed by atoms with Crippen molar-refractivity contribution < 1.29 is 14.3 Å². The Bertz CT molecular complexity index is 642. The summed E-state index contributed by atoms with van der Waals surface area (Å²) in [6, 6.07) is 11.5. The summed E-state index contributed by atoms with van der Waals surface area (Å²) in [5.74, 6) is 0.353. The van der Waals surface area contributed by atoms with Gasteiger partial charge in [-0.05, 0) is 42.3 Å². The van der Waals surface area contributed by atoms with E-state index in [1.165, 1.54) is 12.1 Å². The van der Waals surface area contributed by atoms with Crippen LogP contribution in [0.4, 0.5) is 4.39 Å². The number of oxime groups is 1. The zero-order valence-electron chi connectivity index (χ0n) is 11.0. The number of benzene rings is 2. The quantitative estimate of drug-likeness (QED) is 0.390. The highest BCUT2D eigenvalue weighted by molar-refractivity contribution is 5.97. The van der Waals surface area contributed by atoms with Gasteiger partial charge in [-0.1, -0.05) is 23.4 Å². The number of nitrogens with zero attached hydrogens (tertiary/aromatic N) is 1. The summed E-state index contributed by atoms with van der Waals surface area (Å²) in [6.45, 7) is 2.15. The highest BCUT2D eigenvalue weighted by atomic mass is 19.1. The van der Waals surface area contributed by atoms with Crippen LogP contribution in [-0.2, 0) is 6.61 Å². The summed E-state index contributed by atoms with van der Waals surface area (Å²) < 4.78 is 18.6. The summed E-state index contributed by atoms with van der Waals surface area (Å²) in [5.41, 5.74) is 7.82. The van der Waals surface area contributed by atoms with Crippen LogP contribution in [0, 0.1) is 12.7 Å². The molecule has 0 spiro atoms. The van der Waals surface area contributed by atoms with Gasteiger partial charge in [0.25, 0.3) is 0 Å². The Balaban J connectivity index is 2.11. The first-order valence-electron chi connectivity index (χ1n) is 6.06. The number of amidine groups is 1. The number of rotatable bonds is 4. The van der Waals surface area contributed by atoms with E-state index in [0.29, 0.717) is 17.9 Å². The molecule has 104 valence electrons. The molecule has 2 rings (SSSR count). The van der Waals surface area contributed by atoms with Crippen molar-refractivity contribution in [2.24, 2.45) is 10.9 Å². The maximum Gasteiger partial charge on any atom is 0.170 e. The normalized spacial score (nSPS) is 11.4. The van der Waals surface area contributed by atoms with Gasteiger partial charge in [-0.3, -0.25) is 0 Å². The molecule has 4 nitrogen and oxygen atoms in total. The van der Waals surface area contributed by atoms with E-state index in [4.69, 9.17) is 15.7 Å². The molecule has 0 aliphatic rings. The Hall–Kier alpha value is -2.56. The van der Waals surface area contributed by atoms with Crippen molar-refractivity contribution in [2.75, 3.05) is 0 Å². The Labute approximate surface area is 116 Å². The number of ether oxygens (including phenoxy) is 1. The van der Waals surface area contributed by atoms with E-state index >= 15 is 0 Å². The van der Waals surface area contributed by atoms with Gasteiger partial charge in [0, 0.05) is 5.56 Å². The van der Waals surface area contributed by atoms with Gasteiger partial charge in [0.15, 0.2) is 5.84 Å². The summed E-state index contributed by atoms with van der Waals surface area (Å²) in [4.78, 5) is 0. The second-order valence-electron chi connectivity index (χ2n) is 4.37. The second-order valence-corrected chi connectivity index (χ2v) is 4.37. The lowest BCUT2D eigenvalue weighted by Gasteiger charge is -2.09. The summed E-state index contributed by atoms with van der Waals surface area (Å²) in [7, 11) is 0. The average Bonchev–Trinajstić information content (AvgIpc) is 2.46. The van der Waals surface area contributed by atoms with E-state index in [2.05, 4.69) is 5.16 Å². The molecule has 5 heteroatoms. The number of halogens is 1. The zero-order valence-corrected chi connectivity index (χ0v) is 11.0. The fourth-order valence-corrected chi connectivity index (χ4v) is 1.79. The summed E-state index contributed by atoms with van der Waals surface area (Å²) in [6.07, 6.45) is 0. The lowest BCUT2D eigenvalue weighted by Crippen LogP contribution is -2.13. The molecule has 3 N–H and O–H groups in total. The molecule has 0 unspecified atom stereocenters. The van der Waals surface area contributed by atoms with Crippen LogP contribution in [0.2, 0.25) is 0 Å². The highest BCUT2D eigenvalue weighted by Crippen LogP contribution is 2.17. The molecule has 0 amide bonds. The molecule has 0 radical (unpaired) electrons. The third-order valence-corrected chi connectivity index (χ3v) is 2.94. The lowest BCUT2D eigenvalue weighted by molar-refractivity contribution is 0.305. The minimum Gasteiger partial charge on any atom is -0.489 e. The molecular formula is C15H15FN2O2. The fourth-order valence-electron chi connectivity index (χ4n) is 1.79. The van der Waals surface area contributed by atoms with Crippen molar-refractivity contribution in [1.82, 2.24) is 0 Å². The maximum atomic E-state index is 13.0. The number of hydrogen-bond acceptors (Lipinski definition) is 3. The molecule has 0 saturated heterocycles. The topological polar surface area (TPSA) is 67.8 Å². The molecule has 20 heavy (non-hydrogen) atoms. The molecule has 0 aliphatic carbocycles. The smallest absolute Gasteiger partial charge is 0.170 e. The molecule has 0 aromatic heterocycles. The Morgan fingerprint density at radius 2 is 2.10 bits per heavy atom. The van der Waals surface area contributed by atoms with Crippen LogP contribution in [-0.4, -0.2) is 11.0 Å². The molecule has 2 aromatic carbocycles. The zero-order chi connectivity index (χ0) is 14.5. The highest BCUT2D eigenvalue weighted by Gasteiger charge is 2.04. The summed E-state index contributed by atoms with van der Waals surface area (Å²) in [5, 5.41) is 11.6. The molecule has 0 atom stereocenters. The van der Waals surface area contributed by atoms with E-state index in [-0.39, 0.29) is 11.7 Å². The van der Waals surface area contributed by atoms with Gasteiger partial charge >= 0.3 is 0 Å². The van der Waals surface area contributed by atoms with Crippen molar-refractivity contribution in [3.63, 3.8) is 0 Å². The lowest BCUT2D eigenvalue weighted by atomic mass is 10.1. The van der Waals surface area contributed by atoms with Crippen molar-refractivity contribution in [3.8, 4) is 5.75 Å². The molecular weight excluding hydrogens is 259 g/mol. The third-order valence-electron chi connectivity index (χ3n) is 2.94. The van der Waals surface area contributed by atoms with Crippen LogP contribution >= 0.6 is 0 Å². The SMILES string of the molecule is Cc1cc(F)ccc1COc1cccc(/C(N)=N/O)c1. The third kappa shape index (κ3) is 3.26. The standard InChI is InChI=1S/C15H15FN2O2/c1-10-7-13(16)6-5-12(10)9-20-14-4-2-3-11(8-14)15(17)18-19/h2-8,19H,9H2,1H3,(H2,17,18). The van der Waals surface area contributed by atoms with Crippen LogP contribution in [0.25, 0.3) is 0 Å². The Morgan fingerprint density at radius 3 is 2.80 bits per heavy atom. The molecule has 2 aromatic rings. The van der Waals surface area contributed by atoms with E-state index in [1.54, 1.807) is 30.3 Å². The molecule has 0 aliphatic heterocycles.